The topological polar surface area (TPSA) is 61.9 Å². The van der Waals surface area contributed by atoms with Crippen molar-refractivity contribution >= 4 is 29.0 Å². The van der Waals surface area contributed by atoms with Crippen LogP contribution >= 0.6 is 11.3 Å². The van der Waals surface area contributed by atoms with Crippen molar-refractivity contribution in [1.29, 1.82) is 0 Å². The third kappa shape index (κ3) is 5.87. The van der Waals surface area contributed by atoms with Gasteiger partial charge in [-0.15, -0.1) is 11.3 Å². The lowest BCUT2D eigenvalue weighted by Gasteiger charge is -2.38. The monoisotopic (exact) mass is 509 g/mol. The second kappa shape index (κ2) is 11.6. The summed E-state index contributed by atoms with van der Waals surface area (Å²) in [6.07, 6.45) is 1.46. The van der Waals surface area contributed by atoms with Crippen LogP contribution in [0.15, 0.2) is 60.0 Å². The quantitative estimate of drug-likeness (QED) is 0.403. The summed E-state index contributed by atoms with van der Waals surface area (Å²) < 4.78 is 20.0. The second-order valence-corrected chi connectivity index (χ2v) is 10.1. The minimum atomic E-state index is -0.438. The average Bonchev–Trinajstić information content (AvgIpc) is 3.36. The first-order valence-corrected chi connectivity index (χ1v) is 13.1. The van der Waals surface area contributed by atoms with Gasteiger partial charge in [-0.1, -0.05) is 36.8 Å². The van der Waals surface area contributed by atoms with Crippen LogP contribution in [0.2, 0.25) is 0 Å². The van der Waals surface area contributed by atoms with Gasteiger partial charge in [0.25, 0.3) is 0 Å². The molecule has 4 rings (SSSR count). The minimum absolute atomic E-state index is 0.0532. The molecule has 3 amide bonds. The maximum atomic E-state index is 14.2. The van der Waals surface area contributed by atoms with E-state index < -0.39 is 5.82 Å². The van der Waals surface area contributed by atoms with Crippen LogP contribution in [-0.2, 0) is 11.2 Å². The molecule has 2 aromatic carbocycles. The van der Waals surface area contributed by atoms with Gasteiger partial charge in [-0.25, -0.2) is 9.18 Å². The molecule has 2 unspecified atom stereocenters. The molecule has 1 N–H and O–H groups in total. The molecular weight excluding hydrogens is 477 g/mol. The van der Waals surface area contributed by atoms with E-state index in [1.54, 1.807) is 39.3 Å². The number of halogens is 1. The number of anilines is 1. The number of nitrogens with one attached hydrogen (secondary N) is 1. The minimum Gasteiger partial charge on any atom is -0.488 e. The number of benzene rings is 2. The highest BCUT2D eigenvalue weighted by molar-refractivity contribution is 7.10. The zero-order valence-electron chi connectivity index (χ0n) is 20.9. The number of amides is 3. The number of para-hydroxylation sites is 1. The molecule has 0 spiro atoms. The van der Waals surface area contributed by atoms with Gasteiger partial charge < -0.3 is 19.9 Å². The summed E-state index contributed by atoms with van der Waals surface area (Å²) in [4.78, 5) is 31.4. The number of thiophene rings is 1. The number of nitrogens with zero attached hydrogens (tertiary/aromatic N) is 2. The molecule has 0 radical (unpaired) electrons. The molecule has 0 fully saturated rings. The molecule has 190 valence electrons. The Morgan fingerprint density at radius 3 is 2.67 bits per heavy atom. The van der Waals surface area contributed by atoms with E-state index in [-0.39, 0.29) is 42.9 Å². The molecule has 1 aliphatic heterocycles. The number of rotatable bonds is 8. The number of carbonyl (C=O) groups excluding carboxylic acids is 2. The Morgan fingerprint density at radius 2 is 1.94 bits per heavy atom. The van der Waals surface area contributed by atoms with Gasteiger partial charge in [0.05, 0.1) is 6.04 Å². The standard InChI is InChI=1S/C28H32FN3O3S/c1-4-20(3)32(28(34)30-21-11-9-19(2)10-12-21)17-27(33)31-15-13-26-22(14-16-36-26)24(31)18-35-25-8-6-5-7-23(25)29/h5-12,14,16,20,24H,4,13,15,17-18H2,1-3H3,(H,30,34). The van der Waals surface area contributed by atoms with Crippen molar-refractivity contribution in [3.8, 4) is 5.75 Å². The Balaban J connectivity index is 1.51. The molecule has 1 aromatic heterocycles. The van der Waals surface area contributed by atoms with Crippen LogP contribution in [0.4, 0.5) is 14.9 Å². The fourth-order valence-corrected chi connectivity index (χ4v) is 5.25. The van der Waals surface area contributed by atoms with Crippen LogP contribution in [0.1, 0.15) is 42.3 Å². The summed E-state index contributed by atoms with van der Waals surface area (Å²) >= 11 is 1.66. The Kier molecular flexibility index (Phi) is 8.25. The summed E-state index contributed by atoms with van der Waals surface area (Å²) in [6.45, 7) is 6.52. The first kappa shape index (κ1) is 25.7. The molecule has 1 aliphatic rings. The van der Waals surface area contributed by atoms with Crippen molar-refractivity contribution < 1.29 is 18.7 Å². The number of aryl methyl sites for hydroxylation is 1. The van der Waals surface area contributed by atoms with Crippen LogP contribution in [0.3, 0.4) is 0 Å². The highest BCUT2D eigenvalue weighted by Crippen LogP contribution is 2.34. The van der Waals surface area contributed by atoms with E-state index in [1.807, 2.05) is 56.5 Å². The summed E-state index contributed by atoms with van der Waals surface area (Å²) in [5.41, 5.74) is 2.81. The van der Waals surface area contributed by atoms with Gasteiger partial charge >= 0.3 is 6.03 Å². The van der Waals surface area contributed by atoms with E-state index in [2.05, 4.69) is 5.32 Å². The van der Waals surface area contributed by atoms with Crippen molar-refractivity contribution in [3.63, 3.8) is 0 Å². The molecule has 0 bridgehead atoms. The van der Waals surface area contributed by atoms with Gasteiger partial charge in [0.2, 0.25) is 5.91 Å². The zero-order chi connectivity index (χ0) is 25.7. The first-order valence-electron chi connectivity index (χ1n) is 12.2. The Labute approximate surface area is 215 Å². The maximum absolute atomic E-state index is 14.2. The zero-order valence-corrected chi connectivity index (χ0v) is 21.7. The highest BCUT2D eigenvalue weighted by atomic mass is 32.1. The molecule has 0 saturated heterocycles. The van der Waals surface area contributed by atoms with Crippen molar-refractivity contribution in [2.24, 2.45) is 0 Å². The van der Waals surface area contributed by atoms with Gasteiger partial charge in [-0.2, -0.15) is 0 Å². The molecule has 0 saturated carbocycles. The number of fused-ring (bicyclic) bond motifs is 1. The van der Waals surface area contributed by atoms with Crippen LogP contribution < -0.4 is 10.1 Å². The van der Waals surface area contributed by atoms with Gasteiger partial charge in [0.1, 0.15) is 13.2 Å². The Bertz CT molecular complexity index is 1200. The third-order valence-corrected chi connectivity index (χ3v) is 7.64. The van der Waals surface area contributed by atoms with Crippen LogP contribution in [-0.4, -0.2) is 47.5 Å². The predicted molar refractivity (Wildman–Crippen MR) is 141 cm³/mol. The number of carbonyl (C=O) groups is 2. The van der Waals surface area contributed by atoms with E-state index in [9.17, 15) is 14.0 Å². The lowest BCUT2D eigenvalue weighted by Crippen LogP contribution is -2.50. The molecule has 0 aliphatic carbocycles. The molecular formula is C28H32FN3O3S. The molecule has 2 heterocycles. The molecule has 3 aromatic rings. The molecule has 6 nitrogen and oxygen atoms in total. The highest BCUT2D eigenvalue weighted by Gasteiger charge is 2.34. The Morgan fingerprint density at radius 1 is 1.19 bits per heavy atom. The van der Waals surface area contributed by atoms with E-state index in [0.29, 0.717) is 18.7 Å². The van der Waals surface area contributed by atoms with Crippen molar-refractivity contribution in [2.75, 3.05) is 25.0 Å². The summed E-state index contributed by atoms with van der Waals surface area (Å²) in [5, 5.41) is 4.93. The first-order chi connectivity index (χ1) is 17.4. The van der Waals surface area contributed by atoms with Crippen molar-refractivity contribution in [3.05, 3.63) is 81.8 Å². The molecule has 8 heteroatoms. The fourth-order valence-electron chi connectivity index (χ4n) is 4.32. The van der Waals surface area contributed by atoms with Gasteiger partial charge in [-0.3, -0.25) is 4.79 Å². The van der Waals surface area contributed by atoms with Crippen molar-refractivity contribution in [2.45, 2.75) is 45.7 Å². The van der Waals surface area contributed by atoms with E-state index in [4.69, 9.17) is 4.74 Å². The lowest BCUT2D eigenvalue weighted by molar-refractivity contribution is -0.135. The smallest absolute Gasteiger partial charge is 0.322 e. The lowest BCUT2D eigenvalue weighted by atomic mass is 10.00. The van der Waals surface area contributed by atoms with E-state index in [1.165, 1.54) is 10.9 Å². The summed E-state index contributed by atoms with van der Waals surface area (Å²) in [5.74, 6) is -0.438. The number of urea groups is 1. The molecule has 2 atom stereocenters. The number of hydrogen-bond acceptors (Lipinski definition) is 4. The van der Waals surface area contributed by atoms with Crippen LogP contribution in [0, 0.1) is 12.7 Å². The largest absolute Gasteiger partial charge is 0.488 e. The van der Waals surface area contributed by atoms with Gasteiger partial charge in [-0.05, 0) is 68.0 Å². The predicted octanol–water partition coefficient (Wildman–Crippen LogP) is 6.03. The summed E-state index contributed by atoms with van der Waals surface area (Å²) in [6, 6.07) is 15.0. The van der Waals surface area contributed by atoms with Crippen LogP contribution in [0.5, 0.6) is 5.75 Å². The second-order valence-electron chi connectivity index (χ2n) is 9.07. The fraction of sp³-hybridized carbons (Fsp3) is 0.357. The van der Waals surface area contributed by atoms with E-state index >= 15 is 0 Å². The van der Waals surface area contributed by atoms with E-state index in [0.717, 1.165) is 17.5 Å². The maximum Gasteiger partial charge on any atom is 0.322 e. The number of hydrogen-bond donors (Lipinski definition) is 1. The molecule has 36 heavy (non-hydrogen) atoms. The van der Waals surface area contributed by atoms with Gasteiger partial charge in [0, 0.05) is 23.2 Å². The SMILES string of the molecule is CCC(C)N(CC(=O)N1CCc2sccc2C1COc1ccccc1F)C(=O)Nc1ccc(C)cc1. The van der Waals surface area contributed by atoms with Crippen molar-refractivity contribution in [1.82, 2.24) is 9.80 Å². The third-order valence-electron chi connectivity index (χ3n) is 6.64. The number of ether oxygens (including phenoxy) is 1. The van der Waals surface area contributed by atoms with Gasteiger partial charge in [0.15, 0.2) is 11.6 Å². The van der Waals surface area contributed by atoms with Crippen LogP contribution in [0.25, 0.3) is 0 Å². The average molecular weight is 510 g/mol. The summed E-state index contributed by atoms with van der Waals surface area (Å²) in [7, 11) is 0. The normalized spacial score (nSPS) is 15.7. The Hall–Kier alpha value is -3.39.